The number of ether oxygens (including phenoxy) is 2. The molecule has 0 spiro atoms. The smallest absolute Gasteiger partial charge is 0.243 e. The van der Waals surface area contributed by atoms with Gasteiger partial charge in [-0.2, -0.15) is 0 Å². The van der Waals surface area contributed by atoms with Crippen molar-refractivity contribution in [3.05, 3.63) is 29.6 Å². The van der Waals surface area contributed by atoms with Crippen molar-refractivity contribution in [2.24, 2.45) is 10.9 Å². The van der Waals surface area contributed by atoms with E-state index in [2.05, 4.69) is 20.1 Å². The molecular weight excluding hydrogens is 528 g/mol. The molecule has 0 aliphatic carbocycles. The number of carbonyl (C=O) groups excluding carboxylic acids is 1. The molecule has 1 N–H and O–H groups in total. The Morgan fingerprint density at radius 1 is 1.31 bits per heavy atom. The topological polar surface area (TPSA) is 69.6 Å². The number of piperazine rings is 1. The summed E-state index contributed by atoms with van der Waals surface area (Å²) in [5, 5.41) is 3.45. The highest BCUT2D eigenvalue weighted by molar-refractivity contribution is 14.0. The minimum atomic E-state index is -0.335. The normalized spacial score (nSPS) is 19.4. The van der Waals surface area contributed by atoms with Gasteiger partial charge in [-0.1, -0.05) is 6.07 Å². The van der Waals surface area contributed by atoms with Crippen molar-refractivity contribution in [3.8, 4) is 5.75 Å². The van der Waals surface area contributed by atoms with Gasteiger partial charge >= 0.3 is 0 Å². The van der Waals surface area contributed by atoms with Crippen LogP contribution in [0, 0.1) is 11.7 Å². The van der Waals surface area contributed by atoms with Crippen molar-refractivity contribution in [2.45, 2.75) is 13.0 Å². The molecule has 1 aromatic carbocycles. The van der Waals surface area contributed by atoms with Gasteiger partial charge in [-0.15, -0.1) is 24.0 Å². The zero-order valence-electron chi connectivity index (χ0n) is 19.2. The van der Waals surface area contributed by atoms with Crippen molar-refractivity contribution >= 4 is 35.8 Å². The Morgan fingerprint density at radius 2 is 2.06 bits per heavy atom. The molecule has 10 heteroatoms. The number of hydrogen-bond acceptors (Lipinski definition) is 5. The van der Waals surface area contributed by atoms with Gasteiger partial charge in [-0.3, -0.25) is 9.69 Å². The minimum absolute atomic E-state index is 0. The highest BCUT2D eigenvalue weighted by atomic mass is 127. The van der Waals surface area contributed by atoms with Gasteiger partial charge in [-0.25, -0.2) is 9.38 Å². The number of guanidine groups is 1. The predicted octanol–water partition coefficient (Wildman–Crippen LogP) is 1.64. The number of benzene rings is 1. The maximum Gasteiger partial charge on any atom is 0.243 e. The summed E-state index contributed by atoms with van der Waals surface area (Å²) in [4.78, 5) is 22.7. The summed E-state index contributed by atoms with van der Waals surface area (Å²) in [6, 6.07) is 5.11. The molecule has 0 aromatic heterocycles. The van der Waals surface area contributed by atoms with Crippen molar-refractivity contribution < 1.29 is 18.7 Å². The van der Waals surface area contributed by atoms with E-state index in [9.17, 15) is 9.18 Å². The number of likely N-dealkylation sites (N-methyl/N-ethyl adjacent to an activating group) is 1. The van der Waals surface area contributed by atoms with Gasteiger partial charge in [0.05, 0.1) is 13.7 Å². The maximum absolute atomic E-state index is 14.0. The zero-order chi connectivity index (χ0) is 22.2. The number of methoxy groups -OCH3 is 1. The number of amides is 1. The Labute approximate surface area is 207 Å². The van der Waals surface area contributed by atoms with Crippen LogP contribution in [0.1, 0.15) is 12.0 Å². The van der Waals surface area contributed by atoms with E-state index in [1.54, 1.807) is 25.1 Å². The third-order valence-electron chi connectivity index (χ3n) is 5.73. The summed E-state index contributed by atoms with van der Waals surface area (Å²) >= 11 is 0. The van der Waals surface area contributed by atoms with E-state index in [1.807, 2.05) is 6.07 Å². The van der Waals surface area contributed by atoms with Crippen LogP contribution in [0.25, 0.3) is 0 Å². The van der Waals surface area contributed by atoms with E-state index in [0.29, 0.717) is 12.5 Å². The lowest BCUT2D eigenvalue weighted by atomic mass is 10.1. The summed E-state index contributed by atoms with van der Waals surface area (Å²) in [5.74, 6) is 1.15. The summed E-state index contributed by atoms with van der Waals surface area (Å²) in [6.45, 7) is 6.44. The highest BCUT2D eigenvalue weighted by Gasteiger charge is 2.22. The Hall–Kier alpha value is -1.66. The number of hydrogen-bond donors (Lipinski definition) is 1. The first-order valence-corrected chi connectivity index (χ1v) is 10.8. The van der Waals surface area contributed by atoms with Crippen LogP contribution >= 0.6 is 24.0 Å². The third-order valence-corrected chi connectivity index (χ3v) is 5.73. The van der Waals surface area contributed by atoms with Crippen molar-refractivity contribution in [2.75, 3.05) is 73.7 Å². The minimum Gasteiger partial charge on any atom is -0.494 e. The number of nitrogens with one attached hydrogen (secondary N) is 1. The molecule has 1 aromatic rings. The molecule has 0 bridgehead atoms. The van der Waals surface area contributed by atoms with E-state index in [4.69, 9.17) is 9.47 Å². The van der Waals surface area contributed by atoms with Crippen LogP contribution in [0.4, 0.5) is 4.39 Å². The average Bonchev–Trinajstić information content (AvgIpc) is 3.28. The first-order chi connectivity index (χ1) is 15.0. The van der Waals surface area contributed by atoms with Gasteiger partial charge in [0.25, 0.3) is 0 Å². The number of carbonyl (C=O) groups is 1. The molecule has 1 unspecified atom stereocenters. The largest absolute Gasteiger partial charge is 0.494 e. The summed E-state index contributed by atoms with van der Waals surface area (Å²) in [6.07, 6.45) is 1.04. The second-order valence-corrected chi connectivity index (χ2v) is 8.27. The third kappa shape index (κ3) is 7.73. The first kappa shape index (κ1) is 26.6. The molecular formula is C22H35FIN5O3. The molecule has 1 amide bonds. The van der Waals surface area contributed by atoms with Crippen LogP contribution in [-0.4, -0.2) is 100 Å². The number of aliphatic imine (C=N–C) groups is 1. The average molecular weight is 563 g/mol. The molecule has 180 valence electrons. The van der Waals surface area contributed by atoms with Crippen LogP contribution in [0.2, 0.25) is 0 Å². The van der Waals surface area contributed by atoms with Gasteiger partial charge in [0, 0.05) is 65.9 Å². The van der Waals surface area contributed by atoms with E-state index in [-0.39, 0.29) is 48.0 Å². The Kier molecular flexibility index (Phi) is 10.9. The molecule has 2 aliphatic heterocycles. The molecule has 2 saturated heterocycles. The maximum atomic E-state index is 14.0. The van der Waals surface area contributed by atoms with Crippen LogP contribution < -0.4 is 10.1 Å². The second-order valence-electron chi connectivity index (χ2n) is 8.27. The summed E-state index contributed by atoms with van der Waals surface area (Å²) in [7, 11) is 4.94. The Morgan fingerprint density at radius 3 is 2.66 bits per heavy atom. The van der Waals surface area contributed by atoms with Crippen LogP contribution in [0.5, 0.6) is 5.75 Å². The molecule has 2 fully saturated rings. The van der Waals surface area contributed by atoms with Crippen molar-refractivity contribution in [1.29, 1.82) is 0 Å². The summed E-state index contributed by atoms with van der Waals surface area (Å²) < 4.78 is 24.4. The Balaban J connectivity index is 0.00000363. The fourth-order valence-electron chi connectivity index (χ4n) is 3.72. The lowest BCUT2D eigenvalue weighted by Gasteiger charge is -2.37. The van der Waals surface area contributed by atoms with Crippen LogP contribution in [-0.2, 0) is 16.1 Å². The molecule has 2 aliphatic rings. The molecule has 1 atom stereocenters. The highest BCUT2D eigenvalue weighted by Crippen LogP contribution is 2.19. The summed E-state index contributed by atoms with van der Waals surface area (Å²) in [5.41, 5.74) is 0.927. The van der Waals surface area contributed by atoms with Gasteiger partial charge < -0.3 is 24.6 Å². The first-order valence-electron chi connectivity index (χ1n) is 10.8. The molecule has 2 heterocycles. The van der Waals surface area contributed by atoms with E-state index in [1.165, 1.54) is 13.2 Å². The predicted molar refractivity (Wildman–Crippen MR) is 133 cm³/mol. The number of nitrogens with zero attached hydrogens (tertiary/aromatic N) is 4. The van der Waals surface area contributed by atoms with Crippen LogP contribution in [0.3, 0.4) is 0 Å². The van der Waals surface area contributed by atoms with Gasteiger partial charge in [0.1, 0.15) is 6.54 Å². The lowest BCUT2D eigenvalue weighted by Crippen LogP contribution is -2.53. The van der Waals surface area contributed by atoms with Crippen molar-refractivity contribution in [3.63, 3.8) is 0 Å². The van der Waals surface area contributed by atoms with Gasteiger partial charge in [0.15, 0.2) is 17.5 Å². The SMILES string of the molecule is COc1ccc(CN2CCN(C(=NCC(=O)N(C)C)NCC3CCOC3)CC2)cc1F.I. The Bertz CT molecular complexity index is 766. The monoisotopic (exact) mass is 563 g/mol. The zero-order valence-corrected chi connectivity index (χ0v) is 21.5. The van der Waals surface area contributed by atoms with Gasteiger partial charge in [-0.05, 0) is 24.1 Å². The number of rotatable bonds is 7. The molecule has 3 rings (SSSR count). The van der Waals surface area contributed by atoms with Crippen molar-refractivity contribution in [1.82, 2.24) is 20.0 Å². The number of halogens is 2. The second kappa shape index (κ2) is 13.1. The van der Waals surface area contributed by atoms with E-state index < -0.39 is 0 Å². The van der Waals surface area contributed by atoms with Crippen LogP contribution in [0.15, 0.2) is 23.2 Å². The fourth-order valence-corrected chi connectivity index (χ4v) is 3.72. The fraction of sp³-hybridized carbons (Fsp3) is 0.636. The lowest BCUT2D eigenvalue weighted by molar-refractivity contribution is -0.127. The molecule has 32 heavy (non-hydrogen) atoms. The van der Waals surface area contributed by atoms with Gasteiger partial charge in [0.2, 0.25) is 5.91 Å². The quantitative estimate of drug-likeness (QED) is 0.309. The molecule has 0 radical (unpaired) electrons. The standard InChI is InChI=1S/C22H34FN5O3.HI/c1-26(2)21(29)14-25-22(24-13-18-6-11-31-16-18)28-9-7-27(8-10-28)15-17-4-5-20(30-3)19(23)12-17;/h4-5,12,18H,6-11,13-16H2,1-3H3,(H,24,25);1H. The van der Waals surface area contributed by atoms with E-state index in [0.717, 1.165) is 63.9 Å². The van der Waals surface area contributed by atoms with E-state index >= 15 is 0 Å². The molecule has 0 saturated carbocycles. The molecule has 8 nitrogen and oxygen atoms in total.